The van der Waals surface area contributed by atoms with Crippen molar-refractivity contribution in [1.29, 1.82) is 0 Å². The minimum Gasteiger partial charge on any atom is -0.496 e. The molecule has 1 unspecified atom stereocenters. The van der Waals surface area contributed by atoms with E-state index in [0.717, 1.165) is 16.4 Å². The summed E-state index contributed by atoms with van der Waals surface area (Å²) in [7, 11) is -2.47. The van der Waals surface area contributed by atoms with Crippen LogP contribution in [0.3, 0.4) is 0 Å². The van der Waals surface area contributed by atoms with Crippen molar-refractivity contribution in [3.8, 4) is 17.4 Å². The monoisotopic (exact) mass is 674 g/mol. The number of ether oxygens (including phenoxy) is 4. The molecule has 9 nitrogen and oxygen atoms in total. The van der Waals surface area contributed by atoms with Gasteiger partial charge in [-0.3, -0.25) is 9.10 Å². The van der Waals surface area contributed by atoms with Gasteiger partial charge >= 0.3 is 18.3 Å². The van der Waals surface area contributed by atoms with Gasteiger partial charge in [0.1, 0.15) is 17.6 Å². The fourth-order valence-corrected chi connectivity index (χ4v) is 6.26. The van der Waals surface area contributed by atoms with Crippen molar-refractivity contribution in [3.05, 3.63) is 70.9 Å². The SMILES string of the molecule is CCOc1ncc(C(F)(F)F)cc1S(=O)(=O)N1CC(CCC(=O)OC)Oc2ccc(C=Cc3c(OC)cccc3C(F)(F)F)cc21. The maximum absolute atomic E-state index is 14.1. The average molecular weight is 675 g/mol. The summed E-state index contributed by atoms with van der Waals surface area (Å²) in [5.74, 6) is -1.24. The molecule has 3 aromatic rings. The van der Waals surface area contributed by atoms with Gasteiger partial charge in [-0.15, -0.1) is 0 Å². The van der Waals surface area contributed by atoms with Gasteiger partial charge in [-0.2, -0.15) is 26.3 Å². The van der Waals surface area contributed by atoms with Crippen LogP contribution >= 0.6 is 0 Å². The molecule has 2 aromatic carbocycles. The smallest absolute Gasteiger partial charge is 0.417 e. The van der Waals surface area contributed by atoms with E-state index in [4.69, 9.17) is 14.2 Å². The van der Waals surface area contributed by atoms with Crippen molar-refractivity contribution in [3.63, 3.8) is 0 Å². The molecule has 4 rings (SSSR count). The molecule has 0 saturated carbocycles. The van der Waals surface area contributed by atoms with E-state index < -0.39 is 62.9 Å². The molecule has 0 N–H and O–H groups in total. The van der Waals surface area contributed by atoms with Crippen LogP contribution in [0, 0.1) is 0 Å². The van der Waals surface area contributed by atoms with Crippen LogP contribution in [0.1, 0.15) is 42.0 Å². The van der Waals surface area contributed by atoms with Gasteiger partial charge in [-0.05, 0) is 49.2 Å². The maximum Gasteiger partial charge on any atom is 0.417 e. The predicted molar refractivity (Wildman–Crippen MR) is 154 cm³/mol. The number of halogens is 6. The highest BCUT2D eigenvalue weighted by Crippen LogP contribution is 2.42. The lowest BCUT2D eigenvalue weighted by atomic mass is 10.0. The third-order valence-electron chi connectivity index (χ3n) is 6.84. The summed E-state index contributed by atoms with van der Waals surface area (Å²) in [6.45, 7) is 0.944. The molecule has 1 atom stereocenters. The Morgan fingerprint density at radius 3 is 2.43 bits per heavy atom. The summed E-state index contributed by atoms with van der Waals surface area (Å²) in [6.07, 6.45) is -7.84. The van der Waals surface area contributed by atoms with Crippen molar-refractivity contribution in [1.82, 2.24) is 4.98 Å². The number of carbonyl (C=O) groups is 1. The fraction of sp³-hybridized carbons (Fsp3) is 0.333. The number of anilines is 1. The van der Waals surface area contributed by atoms with E-state index in [-0.39, 0.29) is 47.8 Å². The summed E-state index contributed by atoms with van der Waals surface area (Å²) in [6, 6.07) is 7.93. The quantitative estimate of drug-likeness (QED) is 0.135. The summed E-state index contributed by atoms with van der Waals surface area (Å²) in [4.78, 5) is 14.5. The van der Waals surface area contributed by atoms with E-state index in [9.17, 15) is 39.6 Å². The molecule has 2 heterocycles. The Balaban J connectivity index is 1.84. The van der Waals surface area contributed by atoms with E-state index in [1.165, 1.54) is 57.6 Å². The number of esters is 1. The molecule has 1 aromatic heterocycles. The predicted octanol–water partition coefficient (Wildman–Crippen LogP) is 6.61. The van der Waals surface area contributed by atoms with Crippen LogP contribution in [-0.4, -0.2) is 52.8 Å². The number of aromatic nitrogens is 1. The Bertz CT molecular complexity index is 1730. The molecule has 16 heteroatoms. The van der Waals surface area contributed by atoms with Gasteiger partial charge in [-0.25, -0.2) is 13.4 Å². The van der Waals surface area contributed by atoms with Crippen LogP contribution in [-0.2, 0) is 31.9 Å². The van der Waals surface area contributed by atoms with Gasteiger partial charge in [0.05, 0.1) is 44.2 Å². The summed E-state index contributed by atoms with van der Waals surface area (Å²) in [5.41, 5.74) is -2.48. The second-order valence-electron chi connectivity index (χ2n) is 9.83. The lowest BCUT2D eigenvalue weighted by molar-refractivity contribution is -0.141. The Morgan fingerprint density at radius 2 is 1.80 bits per heavy atom. The highest BCUT2D eigenvalue weighted by atomic mass is 32.2. The number of methoxy groups -OCH3 is 2. The molecule has 0 radical (unpaired) electrons. The first-order valence-corrected chi connectivity index (χ1v) is 15.1. The zero-order chi connectivity index (χ0) is 33.9. The summed E-state index contributed by atoms with van der Waals surface area (Å²) < 4.78 is 132. The fourth-order valence-electron chi connectivity index (χ4n) is 4.65. The van der Waals surface area contributed by atoms with Crippen molar-refractivity contribution in [2.24, 2.45) is 0 Å². The Morgan fingerprint density at radius 1 is 1.07 bits per heavy atom. The van der Waals surface area contributed by atoms with Crippen molar-refractivity contribution in [2.75, 3.05) is 31.7 Å². The minimum atomic E-state index is -4.93. The Kier molecular flexibility index (Phi) is 10.1. The van der Waals surface area contributed by atoms with Crippen LogP contribution in [0.2, 0.25) is 0 Å². The Labute approximate surface area is 260 Å². The Hall–Kier alpha value is -4.47. The van der Waals surface area contributed by atoms with Crippen LogP contribution < -0.4 is 18.5 Å². The van der Waals surface area contributed by atoms with Crippen LogP contribution in [0.15, 0.2) is 53.6 Å². The topological polar surface area (TPSA) is 104 Å². The number of sulfonamides is 1. The van der Waals surface area contributed by atoms with Crippen LogP contribution in [0.25, 0.3) is 12.2 Å². The lowest BCUT2D eigenvalue weighted by Gasteiger charge is -2.36. The highest BCUT2D eigenvalue weighted by Gasteiger charge is 2.40. The second-order valence-corrected chi connectivity index (χ2v) is 11.7. The van der Waals surface area contributed by atoms with E-state index in [1.807, 2.05) is 0 Å². The summed E-state index contributed by atoms with van der Waals surface area (Å²) in [5, 5.41) is 0. The number of benzene rings is 2. The second kappa shape index (κ2) is 13.5. The number of hydrogen-bond donors (Lipinski definition) is 0. The normalized spacial score (nSPS) is 15.3. The van der Waals surface area contributed by atoms with E-state index >= 15 is 0 Å². The number of hydrogen-bond acceptors (Lipinski definition) is 8. The molecule has 0 fully saturated rings. The number of rotatable bonds is 10. The zero-order valence-corrected chi connectivity index (χ0v) is 25.4. The molecule has 0 bridgehead atoms. The first kappa shape index (κ1) is 34.4. The van der Waals surface area contributed by atoms with Crippen LogP contribution in [0.4, 0.5) is 32.0 Å². The third kappa shape index (κ3) is 7.49. The minimum absolute atomic E-state index is 0.00647. The molecule has 1 aliphatic heterocycles. The molecule has 0 aliphatic carbocycles. The number of pyridine rings is 1. The van der Waals surface area contributed by atoms with Gasteiger partial charge in [-0.1, -0.05) is 24.3 Å². The molecular formula is C30H28F6N2O7S. The zero-order valence-electron chi connectivity index (χ0n) is 24.6. The van der Waals surface area contributed by atoms with Gasteiger partial charge in [0, 0.05) is 18.2 Å². The van der Waals surface area contributed by atoms with Gasteiger partial charge in [0.2, 0.25) is 5.88 Å². The van der Waals surface area contributed by atoms with Gasteiger partial charge < -0.3 is 18.9 Å². The lowest BCUT2D eigenvalue weighted by Crippen LogP contribution is -2.44. The average Bonchev–Trinajstić information content (AvgIpc) is 3.01. The number of alkyl halides is 6. The number of fused-ring (bicyclic) bond motifs is 1. The van der Waals surface area contributed by atoms with Crippen molar-refractivity contribution in [2.45, 2.75) is 43.1 Å². The maximum atomic E-state index is 14.1. The van der Waals surface area contributed by atoms with Crippen molar-refractivity contribution >= 4 is 33.8 Å². The van der Waals surface area contributed by atoms with Crippen molar-refractivity contribution < 1.29 is 58.5 Å². The summed E-state index contributed by atoms with van der Waals surface area (Å²) >= 11 is 0. The molecule has 0 amide bonds. The molecular weight excluding hydrogens is 646 g/mol. The highest BCUT2D eigenvalue weighted by molar-refractivity contribution is 7.93. The molecule has 0 saturated heterocycles. The first-order valence-electron chi connectivity index (χ1n) is 13.6. The van der Waals surface area contributed by atoms with E-state index in [2.05, 4.69) is 9.72 Å². The molecule has 1 aliphatic rings. The molecule has 248 valence electrons. The standard InChI is InChI=1S/C30H28F6N2O7S/c1-4-44-28-26(15-19(16-37-28)29(31,32)33)46(40,41)38-17-20(10-13-27(39)43-3)45-25-12-9-18(14-23(25)38)8-11-21-22(30(34,35)36)6-5-7-24(21)42-2/h5-9,11-12,14-16,20H,4,10,13,17H2,1-3H3. The largest absolute Gasteiger partial charge is 0.496 e. The first-order chi connectivity index (χ1) is 21.6. The van der Waals surface area contributed by atoms with Crippen LogP contribution in [0.5, 0.6) is 17.4 Å². The van der Waals surface area contributed by atoms with Gasteiger partial charge in [0.25, 0.3) is 10.0 Å². The molecule has 46 heavy (non-hydrogen) atoms. The van der Waals surface area contributed by atoms with E-state index in [0.29, 0.717) is 12.3 Å². The number of nitrogens with zero attached hydrogens (tertiary/aromatic N) is 2. The van der Waals surface area contributed by atoms with E-state index in [1.54, 1.807) is 0 Å². The number of carbonyl (C=O) groups excluding carboxylic acids is 1. The third-order valence-corrected chi connectivity index (χ3v) is 8.62. The molecule has 0 spiro atoms. The van der Waals surface area contributed by atoms with Gasteiger partial charge in [0.15, 0.2) is 4.90 Å².